The topological polar surface area (TPSA) is 67.2 Å². The molecule has 0 spiro atoms. The average molecular weight is 405 g/mol. The molecular formula is C20H14F3NO3S. The van der Waals surface area contributed by atoms with Crippen molar-refractivity contribution < 1.29 is 25.8 Å². The molecule has 8 heteroatoms. The lowest BCUT2D eigenvalue weighted by Crippen LogP contribution is -2.26. The highest BCUT2D eigenvalue weighted by Gasteiger charge is 2.47. The van der Waals surface area contributed by atoms with Gasteiger partial charge >= 0.3 is 15.6 Å². The van der Waals surface area contributed by atoms with E-state index >= 15 is 0 Å². The molecule has 0 heterocycles. The maximum Gasteiger partial charge on any atom is 0.523 e. The zero-order valence-electron chi connectivity index (χ0n) is 14.4. The van der Waals surface area contributed by atoms with Crippen LogP contribution in [0.4, 0.5) is 13.2 Å². The maximum absolute atomic E-state index is 12.3. The van der Waals surface area contributed by atoms with Crippen LogP contribution in [0.25, 0.3) is 21.9 Å². The van der Waals surface area contributed by atoms with Gasteiger partial charge in [-0.15, -0.1) is 0 Å². The minimum Gasteiger partial charge on any atom is -0.263 e. The van der Waals surface area contributed by atoms with Gasteiger partial charge in [0.2, 0.25) is 0 Å². The standard InChI is InChI=1S/C20H14F3NO3S/c21-20(22,23)28(25,26)27-9-8-14-4-5-18-12-19(7-6-17(18)10-14)16-3-1-2-15(11-16)13-24/h1-7,10-12H,8-9H2. The van der Waals surface area contributed by atoms with E-state index < -0.39 is 22.2 Å². The van der Waals surface area contributed by atoms with Crippen LogP contribution >= 0.6 is 0 Å². The molecule has 0 saturated heterocycles. The SMILES string of the molecule is N#Cc1cccc(-c2ccc3cc(CCOS(=O)(=O)C(F)(F)F)ccc3c2)c1. The van der Waals surface area contributed by atoms with Crippen LogP contribution < -0.4 is 0 Å². The molecule has 144 valence electrons. The Morgan fingerprint density at radius 1 is 0.929 bits per heavy atom. The first-order valence-corrected chi connectivity index (χ1v) is 9.59. The zero-order valence-corrected chi connectivity index (χ0v) is 15.2. The summed E-state index contributed by atoms with van der Waals surface area (Å²) in [5.74, 6) is 0. The van der Waals surface area contributed by atoms with Crippen molar-refractivity contribution in [3.05, 3.63) is 71.8 Å². The van der Waals surface area contributed by atoms with Crippen LogP contribution in [0.15, 0.2) is 60.7 Å². The number of fused-ring (bicyclic) bond motifs is 1. The summed E-state index contributed by atoms with van der Waals surface area (Å²) < 4.78 is 62.6. The lowest BCUT2D eigenvalue weighted by atomic mass is 9.98. The van der Waals surface area contributed by atoms with E-state index in [-0.39, 0.29) is 6.42 Å². The van der Waals surface area contributed by atoms with Crippen molar-refractivity contribution in [3.8, 4) is 17.2 Å². The number of hydrogen-bond donors (Lipinski definition) is 0. The molecule has 4 nitrogen and oxygen atoms in total. The van der Waals surface area contributed by atoms with Crippen molar-refractivity contribution in [1.29, 1.82) is 5.26 Å². The van der Waals surface area contributed by atoms with Gasteiger partial charge in [-0.05, 0) is 52.1 Å². The number of alkyl halides is 3. The molecule has 0 atom stereocenters. The molecule has 0 N–H and O–H groups in total. The monoisotopic (exact) mass is 405 g/mol. The Morgan fingerprint density at radius 2 is 1.61 bits per heavy atom. The maximum atomic E-state index is 12.3. The van der Waals surface area contributed by atoms with Crippen molar-refractivity contribution in [3.63, 3.8) is 0 Å². The van der Waals surface area contributed by atoms with E-state index in [1.54, 1.807) is 36.4 Å². The Balaban J connectivity index is 1.77. The Morgan fingerprint density at radius 3 is 2.32 bits per heavy atom. The average Bonchev–Trinajstić information content (AvgIpc) is 2.66. The number of rotatable bonds is 5. The second kappa shape index (κ2) is 7.62. The van der Waals surface area contributed by atoms with Gasteiger partial charge in [0.15, 0.2) is 0 Å². The van der Waals surface area contributed by atoms with Crippen LogP contribution in [0.3, 0.4) is 0 Å². The highest BCUT2D eigenvalue weighted by atomic mass is 32.2. The van der Waals surface area contributed by atoms with Crippen LogP contribution in [0, 0.1) is 11.3 Å². The third-order valence-electron chi connectivity index (χ3n) is 4.14. The van der Waals surface area contributed by atoms with E-state index in [1.807, 2.05) is 24.3 Å². The van der Waals surface area contributed by atoms with E-state index in [0.29, 0.717) is 11.1 Å². The van der Waals surface area contributed by atoms with Crippen LogP contribution in [0.2, 0.25) is 0 Å². The third kappa shape index (κ3) is 4.32. The summed E-state index contributed by atoms with van der Waals surface area (Å²) in [6.45, 7) is -0.591. The fourth-order valence-electron chi connectivity index (χ4n) is 2.73. The summed E-state index contributed by atoms with van der Waals surface area (Å²) >= 11 is 0. The Bertz CT molecular complexity index is 1170. The van der Waals surface area contributed by atoms with Crippen LogP contribution in [-0.4, -0.2) is 20.5 Å². The second-order valence-corrected chi connectivity index (χ2v) is 7.67. The van der Waals surface area contributed by atoms with Crippen LogP contribution in [0.5, 0.6) is 0 Å². The minimum atomic E-state index is -5.58. The molecule has 0 unspecified atom stereocenters. The highest BCUT2D eigenvalue weighted by molar-refractivity contribution is 7.87. The van der Waals surface area contributed by atoms with Gasteiger partial charge in [-0.3, -0.25) is 4.18 Å². The van der Waals surface area contributed by atoms with E-state index in [4.69, 9.17) is 5.26 Å². The molecule has 3 aromatic rings. The minimum absolute atomic E-state index is 0.0250. The summed E-state index contributed by atoms with van der Waals surface area (Å²) in [5, 5.41) is 10.8. The first kappa shape index (κ1) is 19.9. The normalized spacial score (nSPS) is 12.1. The van der Waals surface area contributed by atoms with Gasteiger partial charge in [0.25, 0.3) is 0 Å². The predicted octanol–water partition coefficient (Wildman–Crippen LogP) is 4.79. The number of nitriles is 1. The molecule has 0 fully saturated rings. The van der Waals surface area contributed by atoms with Gasteiger partial charge in [0, 0.05) is 0 Å². The highest BCUT2D eigenvalue weighted by Crippen LogP contribution is 2.27. The molecule has 0 amide bonds. The van der Waals surface area contributed by atoms with Gasteiger partial charge < -0.3 is 0 Å². The van der Waals surface area contributed by atoms with Crippen molar-refractivity contribution in [2.45, 2.75) is 11.9 Å². The predicted molar refractivity (Wildman–Crippen MR) is 98.7 cm³/mol. The fraction of sp³-hybridized carbons (Fsp3) is 0.150. The number of halogens is 3. The smallest absolute Gasteiger partial charge is 0.263 e. The lowest BCUT2D eigenvalue weighted by Gasteiger charge is -2.09. The van der Waals surface area contributed by atoms with E-state index in [1.165, 1.54) is 0 Å². The summed E-state index contributed by atoms with van der Waals surface area (Å²) in [6, 6.07) is 20.3. The van der Waals surface area contributed by atoms with Crippen LogP contribution in [0.1, 0.15) is 11.1 Å². The molecule has 3 aromatic carbocycles. The van der Waals surface area contributed by atoms with E-state index in [0.717, 1.165) is 21.9 Å². The van der Waals surface area contributed by atoms with Gasteiger partial charge in [0.05, 0.1) is 18.2 Å². The second-order valence-electron chi connectivity index (χ2n) is 6.06. The molecule has 28 heavy (non-hydrogen) atoms. The molecule has 0 radical (unpaired) electrons. The largest absolute Gasteiger partial charge is 0.523 e. The van der Waals surface area contributed by atoms with Crippen molar-refractivity contribution >= 4 is 20.9 Å². The Hall–Kier alpha value is -2.89. The zero-order chi connectivity index (χ0) is 20.4. The summed E-state index contributed by atoms with van der Waals surface area (Å²) in [7, 11) is -5.58. The molecule has 0 aliphatic rings. The van der Waals surface area contributed by atoms with E-state index in [2.05, 4.69) is 10.3 Å². The number of nitrogens with zero attached hydrogens (tertiary/aromatic N) is 1. The Kier molecular flexibility index (Phi) is 5.40. The molecule has 0 aromatic heterocycles. The molecule has 0 bridgehead atoms. The quantitative estimate of drug-likeness (QED) is 0.452. The van der Waals surface area contributed by atoms with Gasteiger partial charge in [-0.2, -0.15) is 26.9 Å². The summed E-state index contributed by atoms with van der Waals surface area (Å²) in [5.41, 5.74) is -2.38. The molecular weight excluding hydrogens is 391 g/mol. The van der Waals surface area contributed by atoms with Gasteiger partial charge in [0.1, 0.15) is 0 Å². The first-order valence-electron chi connectivity index (χ1n) is 8.18. The molecule has 0 aliphatic heterocycles. The first-order chi connectivity index (χ1) is 13.2. The molecule has 3 rings (SSSR count). The van der Waals surface area contributed by atoms with Gasteiger partial charge in [-0.1, -0.05) is 42.5 Å². The van der Waals surface area contributed by atoms with E-state index in [9.17, 15) is 21.6 Å². The Labute approximate surface area is 159 Å². The molecule has 0 aliphatic carbocycles. The number of benzene rings is 3. The summed E-state index contributed by atoms with van der Waals surface area (Å²) in [4.78, 5) is 0. The van der Waals surface area contributed by atoms with Crippen LogP contribution in [-0.2, 0) is 20.7 Å². The van der Waals surface area contributed by atoms with Crippen molar-refractivity contribution in [1.82, 2.24) is 0 Å². The number of hydrogen-bond acceptors (Lipinski definition) is 4. The summed E-state index contributed by atoms with van der Waals surface area (Å²) in [6.07, 6.45) is 0.0250. The molecule has 0 saturated carbocycles. The fourth-order valence-corrected chi connectivity index (χ4v) is 3.17. The lowest BCUT2D eigenvalue weighted by molar-refractivity contribution is -0.0541. The third-order valence-corrected chi connectivity index (χ3v) is 5.19. The van der Waals surface area contributed by atoms with Crippen molar-refractivity contribution in [2.75, 3.05) is 6.61 Å². The van der Waals surface area contributed by atoms with Crippen molar-refractivity contribution in [2.24, 2.45) is 0 Å². The van der Waals surface area contributed by atoms with Gasteiger partial charge in [-0.25, -0.2) is 0 Å².